The van der Waals surface area contributed by atoms with Gasteiger partial charge in [0.15, 0.2) is 5.13 Å². The van der Waals surface area contributed by atoms with E-state index in [-0.39, 0.29) is 11.8 Å². The molecule has 2 aromatic carbocycles. The summed E-state index contributed by atoms with van der Waals surface area (Å²) in [5.41, 5.74) is 2.02. The van der Waals surface area contributed by atoms with Crippen LogP contribution in [-0.4, -0.2) is 24.5 Å². The Hall–Kier alpha value is -2.40. The zero-order valence-corrected chi connectivity index (χ0v) is 13.5. The lowest BCUT2D eigenvalue weighted by Crippen LogP contribution is -2.38. The minimum atomic E-state index is -0.165. The number of thiazole rings is 1. The summed E-state index contributed by atoms with van der Waals surface area (Å²) < 4.78 is 6.83. The standard InChI is InChI=1S/C18H16N2O2S/c1-20(18-19-14-7-3-5-9-16(14)23-18)17(21)13-10-12-6-2-4-8-15(12)22-11-13/h2-9,13H,10-11H2,1H3. The van der Waals surface area contributed by atoms with Gasteiger partial charge in [-0.25, -0.2) is 4.98 Å². The summed E-state index contributed by atoms with van der Waals surface area (Å²) in [4.78, 5) is 19.0. The third-order valence-electron chi connectivity index (χ3n) is 4.13. The van der Waals surface area contributed by atoms with Gasteiger partial charge in [-0.15, -0.1) is 0 Å². The number of para-hydroxylation sites is 2. The van der Waals surface area contributed by atoms with Crippen LogP contribution in [0.3, 0.4) is 0 Å². The Bertz CT molecular complexity index is 841. The van der Waals surface area contributed by atoms with Crippen LogP contribution in [0.2, 0.25) is 0 Å². The molecule has 0 aliphatic carbocycles. The first kappa shape index (κ1) is 14.2. The van der Waals surface area contributed by atoms with Gasteiger partial charge >= 0.3 is 0 Å². The van der Waals surface area contributed by atoms with E-state index in [4.69, 9.17) is 4.74 Å². The number of amides is 1. The Morgan fingerprint density at radius 3 is 2.87 bits per heavy atom. The zero-order chi connectivity index (χ0) is 15.8. The van der Waals surface area contributed by atoms with Crippen molar-refractivity contribution in [1.29, 1.82) is 0 Å². The number of carbonyl (C=O) groups is 1. The van der Waals surface area contributed by atoms with E-state index in [9.17, 15) is 4.79 Å². The molecule has 0 saturated carbocycles. The summed E-state index contributed by atoms with van der Waals surface area (Å²) in [6.07, 6.45) is 0.713. The molecule has 1 unspecified atom stereocenters. The third-order valence-corrected chi connectivity index (χ3v) is 5.24. The first-order valence-corrected chi connectivity index (χ1v) is 8.38. The predicted molar refractivity (Wildman–Crippen MR) is 92.2 cm³/mol. The zero-order valence-electron chi connectivity index (χ0n) is 12.7. The molecule has 0 N–H and O–H groups in total. The van der Waals surface area contributed by atoms with Gasteiger partial charge in [-0.3, -0.25) is 9.69 Å². The van der Waals surface area contributed by atoms with Crippen molar-refractivity contribution >= 4 is 32.6 Å². The third kappa shape index (κ3) is 2.57. The molecular weight excluding hydrogens is 308 g/mol. The largest absolute Gasteiger partial charge is 0.492 e. The van der Waals surface area contributed by atoms with Crippen LogP contribution in [0.4, 0.5) is 5.13 Å². The Kier molecular flexibility index (Phi) is 3.50. The summed E-state index contributed by atoms with van der Waals surface area (Å²) >= 11 is 1.54. The number of carbonyl (C=O) groups excluding carboxylic acids is 1. The Balaban J connectivity index is 1.57. The summed E-state index contributed by atoms with van der Waals surface area (Å²) in [5.74, 6) is 0.777. The van der Waals surface area contributed by atoms with Gasteiger partial charge in [-0.05, 0) is 30.2 Å². The predicted octanol–water partition coefficient (Wildman–Crippen LogP) is 3.51. The summed E-state index contributed by atoms with van der Waals surface area (Å²) in [5, 5.41) is 0.732. The second kappa shape index (κ2) is 5.66. The van der Waals surface area contributed by atoms with Gasteiger partial charge < -0.3 is 4.74 Å². The molecule has 4 nitrogen and oxygen atoms in total. The molecule has 1 atom stereocenters. The van der Waals surface area contributed by atoms with Crippen molar-refractivity contribution in [2.24, 2.45) is 5.92 Å². The highest BCUT2D eigenvalue weighted by atomic mass is 32.1. The van der Waals surface area contributed by atoms with Gasteiger partial charge in [-0.2, -0.15) is 0 Å². The van der Waals surface area contributed by atoms with Gasteiger partial charge in [-0.1, -0.05) is 41.7 Å². The van der Waals surface area contributed by atoms with Crippen LogP contribution >= 0.6 is 11.3 Å². The molecule has 0 radical (unpaired) electrons. The molecule has 0 saturated heterocycles. The Morgan fingerprint density at radius 2 is 2.00 bits per heavy atom. The topological polar surface area (TPSA) is 42.4 Å². The molecule has 1 aliphatic rings. The molecule has 5 heteroatoms. The molecular formula is C18H16N2O2S. The van der Waals surface area contributed by atoms with Crippen molar-refractivity contribution < 1.29 is 9.53 Å². The van der Waals surface area contributed by atoms with Crippen molar-refractivity contribution in [1.82, 2.24) is 4.98 Å². The average molecular weight is 324 g/mol. The van der Waals surface area contributed by atoms with Gasteiger partial charge in [0.2, 0.25) is 5.91 Å². The maximum atomic E-state index is 12.8. The fraction of sp³-hybridized carbons (Fsp3) is 0.222. The smallest absolute Gasteiger partial charge is 0.235 e. The van der Waals surface area contributed by atoms with Crippen molar-refractivity contribution in [2.45, 2.75) is 6.42 Å². The molecule has 0 bridgehead atoms. The van der Waals surface area contributed by atoms with Crippen molar-refractivity contribution in [3.8, 4) is 5.75 Å². The van der Waals surface area contributed by atoms with E-state index in [0.717, 1.165) is 26.7 Å². The number of hydrogen-bond acceptors (Lipinski definition) is 4. The number of anilines is 1. The van der Waals surface area contributed by atoms with Crippen LogP contribution in [0.15, 0.2) is 48.5 Å². The van der Waals surface area contributed by atoms with Gasteiger partial charge in [0.05, 0.1) is 16.1 Å². The van der Waals surface area contributed by atoms with Crippen LogP contribution in [0.25, 0.3) is 10.2 Å². The summed E-state index contributed by atoms with van der Waals surface area (Å²) in [7, 11) is 1.79. The first-order valence-electron chi connectivity index (χ1n) is 7.56. The van der Waals surface area contributed by atoms with E-state index in [1.54, 1.807) is 11.9 Å². The van der Waals surface area contributed by atoms with E-state index >= 15 is 0 Å². The van der Waals surface area contributed by atoms with Gasteiger partial charge in [0, 0.05) is 7.05 Å². The molecule has 23 heavy (non-hydrogen) atoms. The van der Waals surface area contributed by atoms with Crippen molar-refractivity contribution in [3.05, 3.63) is 54.1 Å². The van der Waals surface area contributed by atoms with Gasteiger partial charge in [0.1, 0.15) is 12.4 Å². The molecule has 2 heterocycles. The highest BCUT2D eigenvalue weighted by Crippen LogP contribution is 2.31. The monoisotopic (exact) mass is 324 g/mol. The number of aromatic nitrogens is 1. The molecule has 3 aromatic rings. The maximum Gasteiger partial charge on any atom is 0.235 e. The fourth-order valence-electron chi connectivity index (χ4n) is 2.86. The lowest BCUT2D eigenvalue weighted by molar-refractivity contribution is -0.123. The molecule has 4 rings (SSSR count). The molecule has 1 aliphatic heterocycles. The molecule has 1 amide bonds. The van der Waals surface area contributed by atoms with Crippen molar-refractivity contribution in [2.75, 3.05) is 18.6 Å². The van der Waals surface area contributed by atoms with E-state index in [1.165, 1.54) is 11.3 Å². The van der Waals surface area contributed by atoms with E-state index < -0.39 is 0 Å². The number of hydrogen-bond donors (Lipinski definition) is 0. The summed E-state index contributed by atoms with van der Waals surface area (Å²) in [6, 6.07) is 15.8. The fourth-order valence-corrected chi connectivity index (χ4v) is 3.79. The molecule has 0 spiro atoms. The Morgan fingerprint density at radius 1 is 1.22 bits per heavy atom. The number of rotatable bonds is 2. The SMILES string of the molecule is CN(C(=O)C1COc2ccccc2C1)c1nc2ccccc2s1. The molecule has 116 valence electrons. The van der Waals surface area contributed by atoms with E-state index in [0.29, 0.717) is 13.0 Å². The first-order chi connectivity index (χ1) is 11.2. The number of benzene rings is 2. The van der Waals surface area contributed by atoms with Crippen LogP contribution < -0.4 is 9.64 Å². The lowest BCUT2D eigenvalue weighted by Gasteiger charge is -2.27. The summed E-state index contributed by atoms with van der Waals surface area (Å²) in [6.45, 7) is 0.422. The normalized spacial score (nSPS) is 16.7. The maximum absolute atomic E-state index is 12.8. The number of ether oxygens (including phenoxy) is 1. The minimum absolute atomic E-state index is 0.0542. The van der Waals surface area contributed by atoms with Crippen LogP contribution in [0, 0.1) is 5.92 Å². The van der Waals surface area contributed by atoms with Crippen LogP contribution in [0.5, 0.6) is 5.75 Å². The lowest BCUT2D eigenvalue weighted by atomic mass is 9.96. The van der Waals surface area contributed by atoms with Gasteiger partial charge in [0.25, 0.3) is 0 Å². The number of nitrogens with zero attached hydrogens (tertiary/aromatic N) is 2. The van der Waals surface area contributed by atoms with Crippen LogP contribution in [0.1, 0.15) is 5.56 Å². The van der Waals surface area contributed by atoms with E-state index in [2.05, 4.69) is 4.98 Å². The van der Waals surface area contributed by atoms with E-state index in [1.807, 2.05) is 48.5 Å². The Labute approximate surface area is 138 Å². The highest BCUT2D eigenvalue weighted by Gasteiger charge is 2.29. The quantitative estimate of drug-likeness (QED) is 0.724. The number of fused-ring (bicyclic) bond motifs is 2. The second-order valence-electron chi connectivity index (χ2n) is 5.68. The molecule has 1 aromatic heterocycles. The molecule has 0 fully saturated rings. The van der Waals surface area contributed by atoms with Crippen molar-refractivity contribution in [3.63, 3.8) is 0 Å². The average Bonchev–Trinajstić information content (AvgIpc) is 3.04. The highest BCUT2D eigenvalue weighted by molar-refractivity contribution is 7.22. The minimum Gasteiger partial charge on any atom is -0.492 e. The van der Waals surface area contributed by atoms with Crippen LogP contribution in [-0.2, 0) is 11.2 Å². The second-order valence-corrected chi connectivity index (χ2v) is 6.69.